The van der Waals surface area contributed by atoms with Crippen LogP contribution in [0, 0.1) is 6.92 Å². The highest BCUT2D eigenvalue weighted by atomic mass is 16.5. The number of ether oxygens (including phenoxy) is 2. The first-order chi connectivity index (χ1) is 12.7. The van der Waals surface area contributed by atoms with E-state index >= 15 is 0 Å². The summed E-state index contributed by atoms with van der Waals surface area (Å²) in [5.74, 6) is 0.586. The molecule has 5 heteroatoms. The number of morpholine rings is 1. The van der Waals surface area contributed by atoms with Crippen LogP contribution in [0.4, 0.5) is 0 Å². The molecule has 0 radical (unpaired) electrons. The lowest BCUT2D eigenvalue weighted by Crippen LogP contribution is -2.35. The molecular formula is C21H26N2O3. The van der Waals surface area contributed by atoms with E-state index in [-0.39, 0.29) is 12.5 Å². The molecular weight excluding hydrogens is 328 g/mol. The molecule has 0 spiro atoms. The summed E-state index contributed by atoms with van der Waals surface area (Å²) < 4.78 is 10.9. The largest absolute Gasteiger partial charge is 0.484 e. The lowest BCUT2D eigenvalue weighted by Gasteiger charge is -2.26. The Morgan fingerprint density at radius 3 is 2.62 bits per heavy atom. The van der Waals surface area contributed by atoms with Gasteiger partial charge in [0.05, 0.1) is 13.2 Å². The molecule has 138 valence electrons. The van der Waals surface area contributed by atoms with E-state index in [0.29, 0.717) is 12.3 Å². The van der Waals surface area contributed by atoms with E-state index in [4.69, 9.17) is 9.47 Å². The fourth-order valence-corrected chi connectivity index (χ4v) is 2.89. The minimum atomic E-state index is -0.121. The zero-order chi connectivity index (χ0) is 18.2. The summed E-state index contributed by atoms with van der Waals surface area (Å²) in [4.78, 5) is 14.4. The molecule has 1 N–H and O–H groups in total. The standard InChI is InChI=1S/C21H26N2O3/c1-17-5-7-20(8-6-17)26-16-21(24)22-14-18-3-2-4-19(13-18)15-23-9-11-25-12-10-23/h2-8,13H,9-12,14-16H2,1H3,(H,22,24). The van der Waals surface area contributed by atoms with Crippen molar-refractivity contribution in [1.82, 2.24) is 10.2 Å². The molecule has 1 aliphatic rings. The van der Waals surface area contributed by atoms with Gasteiger partial charge in [-0.1, -0.05) is 42.0 Å². The van der Waals surface area contributed by atoms with Gasteiger partial charge in [0.15, 0.2) is 6.61 Å². The SMILES string of the molecule is Cc1ccc(OCC(=O)NCc2cccc(CN3CCOCC3)c2)cc1. The summed E-state index contributed by atoms with van der Waals surface area (Å²) >= 11 is 0. The molecule has 1 saturated heterocycles. The van der Waals surface area contributed by atoms with E-state index in [0.717, 1.165) is 38.4 Å². The molecule has 5 nitrogen and oxygen atoms in total. The molecule has 0 saturated carbocycles. The van der Waals surface area contributed by atoms with Crippen LogP contribution in [0.5, 0.6) is 5.75 Å². The van der Waals surface area contributed by atoms with Crippen molar-refractivity contribution in [3.63, 3.8) is 0 Å². The minimum Gasteiger partial charge on any atom is -0.484 e. The third-order valence-electron chi connectivity index (χ3n) is 4.38. The first-order valence-electron chi connectivity index (χ1n) is 9.03. The average Bonchev–Trinajstić information content (AvgIpc) is 2.67. The molecule has 1 aliphatic heterocycles. The predicted octanol–water partition coefficient (Wildman–Crippen LogP) is 2.52. The highest BCUT2D eigenvalue weighted by Crippen LogP contribution is 2.12. The monoisotopic (exact) mass is 354 g/mol. The molecule has 26 heavy (non-hydrogen) atoms. The van der Waals surface area contributed by atoms with Crippen LogP contribution >= 0.6 is 0 Å². The summed E-state index contributed by atoms with van der Waals surface area (Å²) in [5, 5.41) is 2.91. The van der Waals surface area contributed by atoms with Crippen LogP contribution in [0.15, 0.2) is 48.5 Å². The zero-order valence-electron chi connectivity index (χ0n) is 15.2. The Morgan fingerprint density at radius 1 is 1.12 bits per heavy atom. The molecule has 0 bridgehead atoms. The molecule has 0 atom stereocenters. The van der Waals surface area contributed by atoms with Crippen molar-refractivity contribution in [3.8, 4) is 5.75 Å². The normalized spacial score (nSPS) is 14.8. The second-order valence-electron chi connectivity index (χ2n) is 6.59. The number of amides is 1. The van der Waals surface area contributed by atoms with Crippen LogP contribution in [-0.2, 0) is 22.6 Å². The maximum absolute atomic E-state index is 12.0. The van der Waals surface area contributed by atoms with Crippen molar-refractivity contribution in [1.29, 1.82) is 0 Å². The van der Waals surface area contributed by atoms with Gasteiger partial charge in [-0.2, -0.15) is 0 Å². The molecule has 0 aromatic heterocycles. The first-order valence-corrected chi connectivity index (χ1v) is 9.03. The molecule has 1 heterocycles. The van der Waals surface area contributed by atoms with Crippen LogP contribution < -0.4 is 10.1 Å². The number of carbonyl (C=O) groups is 1. The maximum Gasteiger partial charge on any atom is 0.258 e. The number of carbonyl (C=O) groups excluding carboxylic acids is 1. The summed E-state index contributed by atoms with van der Waals surface area (Å²) in [7, 11) is 0. The van der Waals surface area contributed by atoms with Crippen LogP contribution in [-0.4, -0.2) is 43.7 Å². The Kier molecular flexibility index (Phi) is 6.63. The summed E-state index contributed by atoms with van der Waals surface area (Å²) in [5.41, 5.74) is 3.52. The van der Waals surface area contributed by atoms with Gasteiger partial charge in [-0.05, 0) is 30.2 Å². The molecule has 3 rings (SSSR count). The smallest absolute Gasteiger partial charge is 0.258 e. The fraction of sp³-hybridized carbons (Fsp3) is 0.381. The zero-order valence-corrected chi connectivity index (χ0v) is 15.2. The first kappa shape index (κ1) is 18.4. The Balaban J connectivity index is 1.44. The topological polar surface area (TPSA) is 50.8 Å². The van der Waals surface area contributed by atoms with Crippen molar-refractivity contribution >= 4 is 5.91 Å². The van der Waals surface area contributed by atoms with E-state index in [2.05, 4.69) is 22.3 Å². The summed E-state index contributed by atoms with van der Waals surface area (Å²) in [6.45, 7) is 7.01. The van der Waals surface area contributed by atoms with E-state index in [9.17, 15) is 4.79 Å². The van der Waals surface area contributed by atoms with Gasteiger partial charge >= 0.3 is 0 Å². The van der Waals surface area contributed by atoms with Gasteiger partial charge in [-0.25, -0.2) is 0 Å². The molecule has 2 aromatic carbocycles. The van der Waals surface area contributed by atoms with E-state index in [1.165, 1.54) is 11.1 Å². The second kappa shape index (κ2) is 9.36. The van der Waals surface area contributed by atoms with Gasteiger partial charge in [0.25, 0.3) is 5.91 Å². The third kappa shape index (κ3) is 5.86. The molecule has 2 aromatic rings. The predicted molar refractivity (Wildman–Crippen MR) is 101 cm³/mol. The Bertz CT molecular complexity index is 709. The second-order valence-corrected chi connectivity index (χ2v) is 6.59. The van der Waals surface area contributed by atoms with E-state index in [1.54, 1.807) is 0 Å². The van der Waals surface area contributed by atoms with Gasteiger partial charge in [0.2, 0.25) is 0 Å². The van der Waals surface area contributed by atoms with E-state index < -0.39 is 0 Å². The highest BCUT2D eigenvalue weighted by Gasteiger charge is 2.11. The minimum absolute atomic E-state index is 0.0243. The van der Waals surface area contributed by atoms with Gasteiger partial charge in [0, 0.05) is 26.2 Å². The lowest BCUT2D eigenvalue weighted by atomic mass is 10.1. The third-order valence-corrected chi connectivity index (χ3v) is 4.38. The van der Waals surface area contributed by atoms with Crippen molar-refractivity contribution in [3.05, 3.63) is 65.2 Å². The molecule has 1 fully saturated rings. The highest BCUT2D eigenvalue weighted by molar-refractivity contribution is 5.77. The van der Waals surface area contributed by atoms with Gasteiger partial charge in [0.1, 0.15) is 5.75 Å². The summed E-state index contributed by atoms with van der Waals surface area (Å²) in [6.07, 6.45) is 0. The van der Waals surface area contributed by atoms with Gasteiger partial charge < -0.3 is 14.8 Å². The fourth-order valence-electron chi connectivity index (χ4n) is 2.89. The Morgan fingerprint density at radius 2 is 1.85 bits per heavy atom. The number of benzene rings is 2. The number of aryl methyl sites for hydroxylation is 1. The van der Waals surface area contributed by atoms with Crippen LogP contribution in [0.25, 0.3) is 0 Å². The number of nitrogens with one attached hydrogen (secondary N) is 1. The van der Waals surface area contributed by atoms with Crippen LogP contribution in [0.1, 0.15) is 16.7 Å². The number of hydrogen-bond acceptors (Lipinski definition) is 4. The molecule has 1 amide bonds. The van der Waals surface area contributed by atoms with Crippen LogP contribution in [0.3, 0.4) is 0 Å². The maximum atomic E-state index is 12.0. The van der Waals surface area contributed by atoms with Gasteiger partial charge in [-0.3, -0.25) is 9.69 Å². The van der Waals surface area contributed by atoms with Gasteiger partial charge in [-0.15, -0.1) is 0 Å². The number of nitrogens with zero attached hydrogens (tertiary/aromatic N) is 1. The number of hydrogen-bond donors (Lipinski definition) is 1. The average molecular weight is 354 g/mol. The van der Waals surface area contributed by atoms with E-state index in [1.807, 2.05) is 43.3 Å². The molecule has 0 aliphatic carbocycles. The summed E-state index contributed by atoms with van der Waals surface area (Å²) in [6, 6.07) is 16.0. The Hall–Kier alpha value is -2.37. The number of rotatable bonds is 7. The Labute approximate surface area is 154 Å². The van der Waals surface area contributed by atoms with Crippen LogP contribution in [0.2, 0.25) is 0 Å². The quantitative estimate of drug-likeness (QED) is 0.830. The van der Waals surface area contributed by atoms with Crippen molar-refractivity contribution in [2.24, 2.45) is 0 Å². The van der Waals surface area contributed by atoms with Crippen molar-refractivity contribution in [2.75, 3.05) is 32.9 Å². The van der Waals surface area contributed by atoms with Crippen molar-refractivity contribution in [2.45, 2.75) is 20.0 Å². The molecule has 0 unspecified atom stereocenters. The van der Waals surface area contributed by atoms with Crippen molar-refractivity contribution < 1.29 is 14.3 Å². The lowest BCUT2D eigenvalue weighted by molar-refractivity contribution is -0.123.